The maximum atomic E-state index is 11.1. The molecule has 1 amide bonds. The fourth-order valence-electron chi connectivity index (χ4n) is 1.53. The molecule has 0 aliphatic rings. The third kappa shape index (κ3) is 1.60. The first-order valence-electron chi connectivity index (χ1n) is 4.56. The predicted octanol–water partition coefficient (Wildman–Crippen LogP) is 1.22. The van der Waals surface area contributed by atoms with Gasteiger partial charge in [-0.2, -0.15) is 5.10 Å². The van der Waals surface area contributed by atoms with E-state index in [-0.39, 0.29) is 17.2 Å². The van der Waals surface area contributed by atoms with Crippen LogP contribution in [0.1, 0.15) is 17.3 Å². The quantitative estimate of drug-likeness (QED) is 0.707. The van der Waals surface area contributed by atoms with Gasteiger partial charge in [-0.1, -0.05) is 0 Å². The molecule has 2 rings (SSSR count). The lowest BCUT2D eigenvalue weighted by molar-refractivity contribution is -0.114. The second-order valence-electron chi connectivity index (χ2n) is 3.31. The number of hydrogen-bond acceptors (Lipinski definition) is 3. The molecule has 0 saturated heterocycles. The van der Waals surface area contributed by atoms with Crippen LogP contribution in [0, 0.1) is 0 Å². The summed E-state index contributed by atoms with van der Waals surface area (Å²) in [5.74, 6) is -1.43. The number of aromatic nitrogens is 2. The predicted molar refractivity (Wildman–Crippen MR) is 57.4 cm³/mol. The van der Waals surface area contributed by atoms with Gasteiger partial charge in [-0.3, -0.25) is 9.89 Å². The number of amides is 1. The number of H-pyrrole nitrogens is 1. The lowest BCUT2D eigenvalue weighted by Crippen LogP contribution is -2.11. The molecule has 1 aromatic carbocycles. The zero-order chi connectivity index (χ0) is 11.7. The van der Waals surface area contributed by atoms with Gasteiger partial charge >= 0.3 is 5.97 Å². The van der Waals surface area contributed by atoms with Crippen molar-refractivity contribution in [3.63, 3.8) is 0 Å². The molecule has 0 aliphatic carbocycles. The van der Waals surface area contributed by atoms with Gasteiger partial charge in [-0.25, -0.2) is 4.79 Å². The molecule has 0 spiro atoms. The largest absolute Gasteiger partial charge is 0.478 e. The molecule has 3 N–H and O–H groups in total. The SMILES string of the molecule is CC(=O)Nc1ccc2cn[nH]c2c1C(=O)O. The molecule has 82 valence electrons. The topological polar surface area (TPSA) is 95.1 Å². The van der Waals surface area contributed by atoms with Gasteiger partial charge in [0.15, 0.2) is 0 Å². The molecular weight excluding hydrogens is 210 g/mol. The van der Waals surface area contributed by atoms with Crippen LogP contribution < -0.4 is 5.32 Å². The third-order valence-electron chi connectivity index (χ3n) is 2.14. The Morgan fingerprint density at radius 1 is 1.44 bits per heavy atom. The molecular formula is C10H9N3O3. The molecule has 6 heteroatoms. The van der Waals surface area contributed by atoms with Crippen molar-refractivity contribution < 1.29 is 14.7 Å². The zero-order valence-corrected chi connectivity index (χ0v) is 8.44. The number of aromatic carboxylic acids is 1. The van der Waals surface area contributed by atoms with E-state index in [4.69, 9.17) is 5.11 Å². The second kappa shape index (κ2) is 3.65. The first kappa shape index (κ1) is 10.2. The summed E-state index contributed by atoms with van der Waals surface area (Å²) in [6, 6.07) is 3.24. The lowest BCUT2D eigenvalue weighted by atomic mass is 10.1. The number of fused-ring (bicyclic) bond motifs is 1. The molecule has 1 aromatic heterocycles. The molecule has 0 aliphatic heterocycles. The van der Waals surface area contributed by atoms with Crippen LogP contribution in [-0.4, -0.2) is 27.2 Å². The first-order chi connectivity index (χ1) is 7.59. The molecule has 1 heterocycles. The highest BCUT2D eigenvalue weighted by Gasteiger charge is 2.16. The van der Waals surface area contributed by atoms with Gasteiger partial charge in [0.25, 0.3) is 0 Å². The van der Waals surface area contributed by atoms with Crippen LogP contribution in [0.3, 0.4) is 0 Å². The Labute approximate surface area is 90.3 Å². The summed E-state index contributed by atoms with van der Waals surface area (Å²) in [4.78, 5) is 22.0. The highest BCUT2D eigenvalue weighted by molar-refractivity contribution is 6.09. The van der Waals surface area contributed by atoms with Crippen molar-refractivity contribution in [2.75, 3.05) is 5.32 Å². The van der Waals surface area contributed by atoms with Crippen LogP contribution in [0.2, 0.25) is 0 Å². The average molecular weight is 219 g/mol. The Balaban J connectivity index is 2.68. The average Bonchev–Trinajstić information content (AvgIpc) is 2.63. The van der Waals surface area contributed by atoms with Crippen LogP contribution in [0.4, 0.5) is 5.69 Å². The molecule has 0 saturated carbocycles. The Hall–Kier alpha value is -2.37. The maximum Gasteiger partial charge on any atom is 0.340 e. The number of aromatic amines is 1. The molecule has 0 radical (unpaired) electrons. The first-order valence-corrected chi connectivity index (χ1v) is 4.56. The van der Waals surface area contributed by atoms with Gasteiger partial charge < -0.3 is 10.4 Å². The number of carboxylic acids is 1. The highest BCUT2D eigenvalue weighted by Crippen LogP contribution is 2.24. The van der Waals surface area contributed by atoms with Crippen LogP contribution in [0.5, 0.6) is 0 Å². The van der Waals surface area contributed by atoms with Gasteiger partial charge in [-0.05, 0) is 12.1 Å². The molecule has 2 aromatic rings. The summed E-state index contributed by atoms with van der Waals surface area (Å²) in [5, 5.41) is 18.6. The number of rotatable bonds is 2. The fraction of sp³-hybridized carbons (Fsp3) is 0.100. The smallest absolute Gasteiger partial charge is 0.340 e. The number of carbonyl (C=O) groups excluding carboxylic acids is 1. The van der Waals surface area contributed by atoms with E-state index >= 15 is 0 Å². The van der Waals surface area contributed by atoms with Crippen molar-refractivity contribution in [3.8, 4) is 0 Å². The number of carboxylic acid groups (broad SMARTS) is 1. The van der Waals surface area contributed by atoms with E-state index in [1.54, 1.807) is 12.1 Å². The van der Waals surface area contributed by atoms with Gasteiger partial charge in [0.1, 0.15) is 5.56 Å². The Kier molecular flexibility index (Phi) is 2.32. The van der Waals surface area contributed by atoms with Crippen molar-refractivity contribution >= 4 is 28.5 Å². The Morgan fingerprint density at radius 3 is 2.81 bits per heavy atom. The van der Waals surface area contributed by atoms with Crippen molar-refractivity contribution in [1.82, 2.24) is 10.2 Å². The summed E-state index contributed by atoms with van der Waals surface area (Å²) in [6.45, 7) is 1.32. The standard InChI is InChI=1S/C10H9N3O3/c1-5(14)12-7-3-2-6-4-11-13-9(6)8(7)10(15)16/h2-4H,1H3,(H,11,13)(H,12,14)(H,15,16). The van der Waals surface area contributed by atoms with Crippen LogP contribution in [0.15, 0.2) is 18.3 Å². The molecule has 0 unspecified atom stereocenters. The summed E-state index contributed by atoms with van der Waals surface area (Å²) in [7, 11) is 0. The van der Waals surface area contributed by atoms with Gasteiger partial charge in [-0.15, -0.1) is 0 Å². The zero-order valence-electron chi connectivity index (χ0n) is 8.44. The van der Waals surface area contributed by atoms with Gasteiger partial charge in [0, 0.05) is 12.3 Å². The monoisotopic (exact) mass is 219 g/mol. The molecule has 0 bridgehead atoms. The van der Waals surface area contributed by atoms with Gasteiger partial charge in [0.2, 0.25) is 5.91 Å². The summed E-state index contributed by atoms with van der Waals surface area (Å²) < 4.78 is 0. The van der Waals surface area contributed by atoms with Crippen molar-refractivity contribution in [1.29, 1.82) is 0 Å². The number of hydrogen-bond donors (Lipinski definition) is 3. The number of benzene rings is 1. The van der Waals surface area contributed by atoms with E-state index < -0.39 is 5.97 Å². The van der Waals surface area contributed by atoms with E-state index in [1.165, 1.54) is 13.1 Å². The van der Waals surface area contributed by atoms with E-state index in [0.29, 0.717) is 10.9 Å². The minimum absolute atomic E-state index is 0.0187. The molecule has 0 fully saturated rings. The van der Waals surface area contributed by atoms with Crippen LogP contribution in [0.25, 0.3) is 10.9 Å². The lowest BCUT2D eigenvalue weighted by Gasteiger charge is -2.06. The minimum Gasteiger partial charge on any atom is -0.478 e. The normalized spacial score (nSPS) is 10.3. The van der Waals surface area contributed by atoms with E-state index in [0.717, 1.165) is 0 Å². The minimum atomic E-state index is -1.11. The van der Waals surface area contributed by atoms with E-state index in [9.17, 15) is 9.59 Å². The number of nitrogens with zero attached hydrogens (tertiary/aromatic N) is 1. The number of anilines is 1. The highest BCUT2D eigenvalue weighted by atomic mass is 16.4. The Morgan fingerprint density at radius 2 is 2.19 bits per heavy atom. The van der Waals surface area contributed by atoms with E-state index in [1.807, 2.05) is 0 Å². The Bertz CT molecular complexity index is 574. The molecule has 0 atom stereocenters. The third-order valence-corrected chi connectivity index (χ3v) is 2.14. The second-order valence-corrected chi connectivity index (χ2v) is 3.31. The maximum absolute atomic E-state index is 11.1. The molecule has 6 nitrogen and oxygen atoms in total. The van der Waals surface area contributed by atoms with Crippen molar-refractivity contribution in [3.05, 3.63) is 23.9 Å². The van der Waals surface area contributed by atoms with E-state index in [2.05, 4.69) is 15.5 Å². The van der Waals surface area contributed by atoms with Crippen molar-refractivity contribution in [2.45, 2.75) is 6.92 Å². The van der Waals surface area contributed by atoms with Gasteiger partial charge in [0.05, 0.1) is 17.4 Å². The summed E-state index contributed by atoms with van der Waals surface area (Å²) in [6.07, 6.45) is 1.53. The van der Waals surface area contributed by atoms with Crippen molar-refractivity contribution in [2.24, 2.45) is 0 Å². The van der Waals surface area contributed by atoms with Crippen LogP contribution >= 0.6 is 0 Å². The number of nitrogens with one attached hydrogen (secondary N) is 2. The summed E-state index contributed by atoms with van der Waals surface area (Å²) >= 11 is 0. The molecule has 16 heavy (non-hydrogen) atoms. The summed E-state index contributed by atoms with van der Waals surface area (Å²) in [5.41, 5.74) is 0.681. The van der Waals surface area contributed by atoms with Crippen LogP contribution in [-0.2, 0) is 4.79 Å². The number of carbonyl (C=O) groups is 2. The fourth-order valence-corrected chi connectivity index (χ4v) is 1.53.